The van der Waals surface area contributed by atoms with E-state index in [-0.39, 0.29) is 24.0 Å². The largest absolute Gasteiger partial charge is 0.486 e. The molecule has 2 aliphatic rings. The first-order chi connectivity index (χ1) is 16.0. The Hall–Kier alpha value is -2.67. The summed E-state index contributed by atoms with van der Waals surface area (Å²) in [6.07, 6.45) is 4.27. The molecule has 0 saturated carbocycles. The summed E-state index contributed by atoms with van der Waals surface area (Å²) < 4.78 is 6.06. The summed E-state index contributed by atoms with van der Waals surface area (Å²) >= 11 is 1.71. The molecule has 1 fully saturated rings. The van der Waals surface area contributed by atoms with Gasteiger partial charge >= 0.3 is 6.03 Å². The van der Waals surface area contributed by atoms with Crippen LogP contribution in [0, 0.1) is 12.8 Å². The van der Waals surface area contributed by atoms with Crippen molar-refractivity contribution >= 4 is 29.4 Å². The topological polar surface area (TPSA) is 61.9 Å². The number of piperidine rings is 1. The average molecular weight is 468 g/mol. The molecule has 2 aromatic rings. The van der Waals surface area contributed by atoms with Crippen LogP contribution in [0.3, 0.4) is 0 Å². The van der Waals surface area contributed by atoms with Crippen LogP contribution < -0.4 is 15.0 Å². The number of nitrogens with zero attached hydrogens (tertiary/aromatic N) is 2. The monoisotopic (exact) mass is 467 g/mol. The van der Waals surface area contributed by atoms with Crippen LogP contribution in [0.25, 0.3) is 0 Å². The highest BCUT2D eigenvalue weighted by molar-refractivity contribution is 7.98. The molecular formula is C26H33N3O3S. The summed E-state index contributed by atoms with van der Waals surface area (Å²) in [5.74, 6) is 0.795. The lowest BCUT2D eigenvalue weighted by Gasteiger charge is -2.39. The Labute approximate surface area is 200 Å². The minimum absolute atomic E-state index is 0.00235. The standard InChI is InChI=1S/C26H33N3O3S/c1-4-21-17-29(23-15-18(2)5-10-24(23)32-21)26(31)28-13-11-20(12-14-28)25(30)27-16-19-6-8-22(33-3)9-7-19/h5-10,15,20-21H,4,11-14,16-17H2,1-3H3,(H,27,30). The highest BCUT2D eigenvalue weighted by Crippen LogP contribution is 2.36. The van der Waals surface area contributed by atoms with E-state index in [1.165, 1.54) is 4.90 Å². The number of ether oxygens (including phenoxy) is 1. The molecule has 6 nitrogen and oxygen atoms in total. The predicted molar refractivity (Wildman–Crippen MR) is 133 cm³/mol. The van der Waals surface area contributed by atoms with E-state index in [4.69, 9.17) is 4.74 Å². The van der Waals surface area contributed by atoms with Crippen molar-refractivity contribution in [3.8, 4) is 5.75 Å². The molecule has 4 rings (SSSR count). The second-order valence-corrected chi connectivity index (χ2v) is 9.72. The third-order valence-corrected chi connectivity index (χ3v) is 7.28. The van der Waals surface area contributed by atoms with Crippen LogP contribution >= 0.6 is 11.8 Å². The summed E-state index contributed by atoms with van der Waals surface area (Å²) in [4.78, 5) is 31.1. The Kier molecular flexibility index (Phi) is 7.48. The van der Waals surface area contributed by atoms with Crippen LogP contribution in [0.1, 0.15) is 37.3 Å². The Bertz CT molecular complexity index is 987. The number of anilines is 1. The number of rotatable bonds is 5. The molecule has 0 aromatic heterocycles. The molecule has 0 radical (unpaired) electrons. The van der Waals surface area contributed by atoms with Gasteiger partial charge in [0, 0.05) is 30.4 Å². The number of urea groups is 1. The molecule has 3 amide bonds. The first kappa shape index (κ1) is 23.5. The summed E-state index contributed by atoms with van der Waals surface area (Å²) in [6.45, 7) is 6.38. The van der Waals surface area contributed by atoms with E-state index in [0.717, 1.165) is 29.0 Å². The fourth-order valence-electron chi connectivity index (χ4n) is 4.43. The highest BCUT2D eigenvalue weighted by Gasteiger charge is 2.34. The number of hydrogen-bond acceptors (Lipinski definition) is 4. The van der Waals surface area contributed by atoms with Crippen LogP contribution in [0.2, 0.25) is 0 Å². The van der Waals surface area contributed by atoms with Gasteiger partial charge in [0.1, 0.15) is 11.9 Å². The maximum Gasteiger partial charge on any atom is 0.324 e. The summed E-state index contributed by atoms with van der Waals surface area (Å²) in [6, 6.07) is 14.3. The Morgan fingerprint density at radius 1 is 1.12 bits per heavy atom. The van der Waals surface area contributed by atoms with E-state index in [1.807, 2.05) is 34.9 Å². The van der Waals surface area contributed by atoms with Gasteiger partial charge in [0.05, 0.1) is 12.2 Å². The van der Waals surface area contributed by atoms with Gasteiger partial charge in [-0.2, -0.15) is 0 Å². The van der Waals surface area contributed by atoms with E-state index >= 15 is 0 Å². The zero-order valence-electron chi connectivity index (χ0n) is 19.7. The third-order valence-electron chi connectivity index (χ3n) is 6.53. The minimum Gasteiger partial charge on any atom is -0.486 e. The molecule has 0 aliphatic carbocycles. The molecule has 0 spiro atoms. The predicted octanol–water partition coefficient (Wildman–Crippen LogP) is 4.84. The van der Waals surface area contributed by atoms with Crippen molar-refractivity contribution in [2.75, 3.05) is 30.8 Å². The van der Waals surface area contributed by atoms with Gasteiger partial charge < -0.3 is 15.0 Å². The van der Waals surface area contributed by atoms with E-state index < -0.39 is 0 Å². The molecule has 1 atom stereocenters. The first-order valence-electron chi connectivity index (χ1n) is 11.7. The molecule has 1 saturated heterocycles. The SMILES string of the molecule is CCC1CN(C(=O)N2CCC(C(=O)NCc3ccc(SC)cc3)CC2)c2cc(C)ccc2O1. The molecule has 33 heavy (non-hydrogen) atoms. The van der Waals surface area contributed by atoms with E-state index in [1.54, 1.807) is 11.8 Å². The van der Waals surface area contributed by atoms with E-state index in [2.05, 4.69) is 42.8 Å². The third kappa shape index (κ3) is 5.46. The van der Waals surface area contributed by atoms with Gasteiger partial charge in [-0.3, -0.25) is 9.69 Å². The first-order valence-corrected chi connectivity index (χ1v) is 12.9. The average Bonchev–Trinajstić information content (AvgIpc) is 2.86. The number of nitrogens with one attached hydrogen (secondary N) is 1. The van der Waals surface area contributed by atoms with Crippen LogP contribution in [-0.2, 0) is 11.3 Å². The normalized spacial score (nSPS) is 18.5. The molecule has 176 valence electrons. The van der Waals surface area contributed by atoms with Gasteiger partial charge in [0.25, 0.3) is 0 Å². The molecule has 2 heterocycles. The smallest absolute Gasteiger partial charge is 0.324 e. The number of aryl methyl sites for hydroxylation is 1. The molecule has 2 aliphatic heterocycles. The summed E-state index contributed by atoms with van der Waals surface area (Å²) in [5.41, 5.74) is 3.04. The van der Waals surface area contributed by atoms with Crippen LogP contribution in [-0.4, -0.2) is 48.8 Å². The highest BCUT2D eigenvalue weighted by atomic mass is 32.2. The van der Waals surface area contributed by atoms with Crippen molar-refractivity contribution in [3.05, 3.63) is 53.6 Å². The van der Waals surface area contributed by atoms with Crippen molar-refractivity contribution in [1.82, 2.24) is 10.2 Å². The summed E-state index contributed by atoms with van der Waals surface area (Å²) in [5, 5.41) is 3.07. The number of fused-ring (bicyclic) bond motifs is 1. The van der Waals surface area contributed by atoms with Crippen molar-refractivity contribution in [3.63, 3.8) is 0 Å². The molecule has 1 N–H and O–H groups in total. The number of hydrogen-bond donors (Lipinski definition) is 1. The molecule has 7 heteroatoms. The lowest BCUT2D eigenvalue weighted by atomic mass is 9.96. The van der Waals surface area contributed by atoms with Crippen molar-refractivity contribution in [1.29, 1.82) is 0 Å². The number of carbonyl (C=O) groups is 2. The zero-order valence-corrected chi connectivity index (χ0v) is 20.5. The number of likely N-dealkylation sites (tertiary alicyclic amines) is 1. The lowest BCUT2D eigenvalue weighted by Crippen LogP contribution is -2.52. The van der Waals surface area contributed by atoms with Crippen LogP contribution in [0.5, 0.6) is 5.75 Å². The molecule has 0 bridgehead atoms. The number of amides is 3. The van der Waals surface area contributed by atoms with Gasteiger partial charge in [0.2, 0.25) is 5.91 Å². The van der Waals surface area contributed by atoms with Gasteiger partial charge in [-0.25, -0.2) is 4.79 Å². The Morgan fingerprint density at radius 3 is 2.52 bits per heavy atom. The maximum atomic E-state index is 13.4. The minimum atomic E-state index is -0.0536. The fourth-order valence-corrected chi connectivity index (χ4v) is 4.84. The van der Waals surface area contributed by atoms with E-state index in [9.17, 15) is 9.59 Å². The van der Waals surface area contributed by atoms with Crippen LogP contribution in [0.15, 0.2) is 47.4 Å². The second-order valence-electron chi connectivity index (χ2n) is 8.84. The molecule has 2 aromatic carbocycles. The molecule has 1 unspecified atom stereocenters. The molecular weight excluding hydrogens is 434 g/mol. The maximum absolute atomic E-state index is 13.4. The number of benzene rings is 2. The number of thioether (sulfide) groups is 1. The van der Waals surface area contributed by atoms with E-state index in [0.29, 0.717) is 39.0 Å². The van der Waals surface area contributed by atoms with Gasteiger partial charge in [0.15, 0.2) is 0 Å². The lowest BCUT2D eigenvalue weighted by molar-refractivity contribution is -0.126. The van der Waals surface area contributed by atoms with Gasteiger partial charge in [-0.1, -0.05) is 25.1 Å². The van der Waals surface area contributed by atoms with Gasteiger partial charge in [-0.05, 0) is 67.8 Å². The van der Waals surface area contributed by atoms with Crippen LogP contribution in [0.4, 0.5) is 10.5 Å². The van der Waals surface area contributed by atoms with Crippen molar-refractivity contribution < 1.29 is 14.3 Å². The quantitative estimate of drug-likeness (QED) is 0.639. The van der Waals surface area contributed by atoms with Crippen molar-refractivity contribution in [2.45, 2.75) is 50.7 Å². The Morgan fingerprint density at radius 2 is 1.85 bits per heavy atom. The zero-order chi connectivity index (χ0) is 23.4. The fraction of sp³-hybridized carbons (Fsp3) is 0.462. The van der Waals surface area contributed by atoms with Crippen molar-refractivity contribution in [2.24, 2.45) is 5.92 Å². The summed E-state index contributed by atoms with van der Waals surface area (Å²) in [7, 11) is 0. The van der Waals surface area contributed by atoms with Gasteiger partial charge in [-0.15, -0.1) is 11.8 Å². The Balaban J connectivity index is 1.33. The second kappa shape index (κ2) is 10.5. The number of carbonyl (C=O) groups excluding carboxylic acids is 2.